The number of nitrogens with one attached hydrogen (secondary N) is 1. The van der Waals surface area contributed by atoms with Crippen molar-refractivity contribution in [2.45, 2.75) is 53.5 Å². The summed E-state index contributed by atoms with van der Waals surface area (Å²) >= 11 is 0. The molecule has 2 aliphatic rings. The molecule has 1 atom stereocenters. The number of hydrogen-bond acceptors (Lipinski definition) is 6. The van der Waals surface area contributed by atoms with Crippen LogP contribution in [0.2, 0.25) is 0 Å². The zero-order valence-electron chi connectivity index (χ0n) is 23.7. The van der Waals surface area contributed by atoms with Gasteiger partial charge in [-0.3, -0.25) is 19.2 Å². The van der Waals surface area contributed by atoms with Crippen molar-refractivity contribution >= 4 is 35.0 Å². The zero-order chi connectivity index (χ0) is 28.7. The smallest absolute Gasteiger partial charge is 0.257 e. The van der Waals surface area contributed by atoms with Crippen LogP contribution in [0.4, 0.5) is 11.4 Å². The first-order chi connectivity index (χ1) is 18.3. The fraction of sp³-hybridized carbons (Fsp3) is 0.467. The van der Waals surface area contributed by atoms with E-state index in [2.05, 4.69) is 33.0 Å². The van der Waals surface area contributed by atoms with Gasteiger partial charge in [0.25, 0.3) is 5.91 Å². The van der Waals surface area contributed by atoms with Gasteiger partial charge in [0, 0.05) is 25.1 Å². The first-order valence-corrected chi connectivity index (χ1v) is 13.1. The largest absolute Gasteiger partial charge is 0.493 e. The molecule has 9 heteroatoms. The molecule has 4 amide bonds. The zero-order valence-corrected chi connectivity index (χ0v) is 23.7. The van der Waals surface area contributed by atoms with Crippen LogP contribution in [0.25, 0.3) is 0 Å². The van der Waals surface area contributed by atoms with Crippen molar-refractivity contribution in [3.8, 4) is 11.5 Å². The monoisotopic (exact) mass is 535 g/mol. The lowest BCUT2D eigenvalue weighted by Crippen LogP contribution is -2.47. The number of carbonyl (C=O) groups excluding carboxylic acids is 4. The van der Waals surface area contributed by atoms with Gasteiger partial charge in [-0.25, -0.2) is 4.90 Å². The van der Waals surface area contributed by atoms with Gasteiger partial charge in [-0.15, -0.1) is 0 Å². The van der Waals surface area contributed by atoms with E-state index in [1.54, 1.807) is 43.4 Å². The second kappa shape index (κ2) is 10.4. The molecule has 4 rings (SSSR count). The molecule has 2 fully saturated rings. The number of carbonyl (C=O) groups is 4. The summed E-state index contributed by atoms with van der Waals surface area (Å²) in [5.74, 6) is -0.195. The van der Waals surface area contributed by atoms with Gasteiger partial charge in [0.1, 0.15) is 6.04 Å². The van der Waals surface area contributed by atoms with Gasteiger partial charge >= 0.3 is 0 Å². The van der Waals surface area contributed by atoms with Crippen LogP contribution in [0, 0.1) is 16.7 Å². The topological polar surface area (TPSA) is 105 Å². The van der Waals surface area contributed by atoms with Crippen molar-refractivity contribution in [1.82, 2.24) is 4.90 Å². The molecule has 0 spiro atoms. The quantitative estimate of drug-likeness (QED) is 0.486. The third-order valence-corrected chi connectivity index (χ3v) is 8.58. The van der Waals surface area contributed by atoms with Gasteiger partial charge in [0.15, 0.2) is 11.5 Å². The van der Waals surface area contributed by atoms with E-state index < -0.39 is 11.9 Å². The average molecular weight is 536 g/mol. The molecule has 1 aliphatic heterocycles. The number of rotatable bonds is 9. The predicted octanol–water partition coefficient (Wildman–Crippen LogP) is 4.05. The molecule has 1 saturated carbocycles. The number of hydrogen-bond donors (Lipinski definition) is 1. The van der Waals surface area contributed by atoms with Gasteiger partial charge in [0.2, 0.25) is 17.7 Å². The van der Waals surface area contributed by atoms with Crippen molar-refractivity contribution < 1.29 is 28.7 Å². The highest BCUT2D eigenvalue weighted by Gasteiger charge is 2.69. The summed E-state index contributed by atoms with van der Waals surface area (Å²) in [4.78, 5) is 54.9. The fourth-order valence-corrected chi connectivity index (χ4v) is 5.71. The predicted molar refractivity (Wildman–Crippen MR) is 148 cm³/mol. The molecule has 0 aromatic heterocycles. The van der Waals surface area contributed by atoms with Crippen LogP contribution in [-0.4, -0.2) is 55.3 Å². The normalized spacial score (nSPS) is 19.6. The fourth-order valence-electron chi connectivity index (χ4n) is 5.71. The summed E-state index contributed by atoms with van der Waals surface area (Å²) in [6.45, 7) is 9.93. The lowest BCUT2D eigenvalue weighted by molar-refractivity contribution is -0.140. The molecule has 1 aliphatic carbocycles. The molecule has 0 radical (unpaired) electrons. The van der Waals surface area contributed by atoms with E-state index in [0.717, 1.165) is 10.5 Å². The Balaban J connectivity index is 1.60. The Labute approximate surface area is 229 Å². The Morgan fingerprint density at radius 2 is 1.59 bits per heavy atom. The van der Waals surface area contributed by atoms with E-state index in [0.29, 0.717) is 29.3 Å². The molecule has 1 unspecified atom stereocenters. The van der Waals surface area contributed by atoms with E-state index in [1.165, 1.54) is 6.92 Å². The minimum atomic E-state index is -0.896. The third-order valence-electron chi connectivity index (χ3n) is 8.58. The van der Waals surface area contributed by atoms with Crippen LogP contribution < -0.4 is 19.7 Å². The first-order valence-electron chi connectivity index (χ1n) is 13.1. The Morgan fingerprint density at radius 1 is 0.974 bits per heavy atom. The van der Waals surface area contributed by atoms with Crippen molar-refractivity contribution in [2.24, 2.45) is 16.7 Å². The second-order valence-corrected chi connectivity index (χ2v) is 11.4. The Hall–Kier alpha value is -3.88. The average Bonchev–Trinajstić information content (AvgIpc) is 3.11. The Kier molecular flexibility index (Phi) is 7.47. The maximum atomic E-state index is 14.0. The van der Waals surface area contributed by atoms with Crippen molar-refractivity contribution in [1.29, 1.82) is 0 Å². The number of anilines is 2. The summed E-state index contributed by atoms with van der Waals surface area (Å²) in [5, 5.41) is 2.67. The van der Waals surface area contributed by atoms with Crippen LogP contribution in [0.3, 0.4) is 0 Å². The van der Waals surface area contributed by atoms with Crippen LogP contribution in [0.15, 0.2) is 42.5 Å². The van der Waals surface area contributed by atoms with Gasteiger partial charge in [-0.05, 0) is 59.2 Å². The molecule has 9 nitrogen and oxygen atoms in total. The molecule has 1 N–H and O–H groups in total. The van der Waals surface area contributed by atoms with Crippen molar-refractivity contribution in [2.75, 3.05) is 31.0 Å². The summed E-state index contributed by atoms with van der Waals surface area (Å²) in [6, 6.07) is 11.2. The van der Waals surface area contributed by atoms with E-state index in [-0.39, 0.29) is 47.4 Å². The second-order valence-electron chi connectivity index (χ2n) is 11.4. The number of benzene rings is 2. The summed E-state index contributed by atoms with van der Waals surface area (Å²) in [7, 11) is 3.13. The number of methoxy groups -OCH3 is 2. The Bertz CT molecular complexity index is 1290. The number of ether oxygens (including phenoxy) is 2. The molecule has 1 heterocycles. The van der Waals surface area contributed by atoms with Crippen molar-refractivity contribution in [3.63, 3.8) is 0 Å². The van der Waals surface area contributed by atoms with E-state index >= 15 is 0 Å². The van der Waals surface area contributed by atoms with E-state index in [4.69, 9.17) is 9.47 Å². The Morgan fingerprint density at radius 3 is 2.13 bits per heavy atom. The van der Waals surface area contributed by atoms with Gasteiger partial charge in [0.05, 0.1) is 26.3 Å². The number of imide groups is 1. The summed E-state index contributed by atoms with van der Waals surface area (Å²) < 4.78 is 10.8. The van der Waals surface area contributed by atoms with Crippen molar-refractivity contribution in [3.05, 3.63) is 48.0 Å². The molecule has 39 heavy (non-hydrogen) atoms. The highest BCUT2D eigenvalue weighted by Crippen LogP contribution is 2.69. The molecule has 2 aromatic rings. The molecule has 2 aromatic carbocycles. The lowest BCUT2D eigenvalue weighted by Gasteiger charge is -2.29. The van der Waals surface area contributed by atoms with E-state index in [9.17, 15) is 19.2 Å². The molecular formula is C30H37N3O6. The number of nitrogens with zero attached hydrogens (tertiary/aromatic N) is 2. The molecule has 0 bridgehead atoms. The van der Waals surface area contributed by atoms with Crippen LogP contribution in [0.5, 0.6) is 11.5 Å². The molecule has 208 valence electrons. The maximum absolute atomic E-state index is 14.0. The molecular weight excluding hydrogens is 498 g/mol. The van der Waals surface area contributed by atoms with Crippen LogP contribution >= 0.6 is 0 Å². The summed E-state index contributed by atoms with van der Waals surface area (Å²) in [5.41, 5.74) is 1.43. The highest BCUT2D eigenvalue weighted by atomic mass is 16.5. The molecule has 1 saturated heterocycles. The maximum Gasteiger partial charge on any atom is 0.257 e. The number of amides is 4. The third kappa shape index (κ3) is 5.10. The minimum absolute atomic E-state index is 0.0858. The van der Waals surface area contributed by atoms with Crippen LogP contribution in [0.1, 0.15) is 46.6 Å². The summed E-state index contributed by atoms with van der Waals surface area (Å²) in [6.07, 6.45) is 0.389. The van der Waals surface area contributed by atoms with Gasteiger partial charge < -0.3 is 19.7 Å². The van der Waals surface area contributed by atoms with Gasteiger partial charge in [-0.2, -0.15) is 0 Å². The van der Waals surface area contributed by atoms with Gasteiger partial charge in [-0.1, -0.05) is 33.8 Å². The van der Waals surface area contributed by atoms with E-state index in [1.807, 2.05) is 18.2 Å². The van der Waals surface area contributed by atoms with Crippen LogP contribution in [-0.2, 0) is 25.6 Å². The highest BCUT2D eigenvalue weighted by molar-refractivity contribution is 6.23. The SMILES string of the molecule is COc1ccc(CCN(C(=O)C2C(C)(C)C2(C)C)C2CC(=O)N(c3ccc(NC(C)=O)cc3)C2=O)cc1OC. The minimum Gasteiger partial charge on any atom is -0.493 e. The standard InChI is InChI=1S/C30H37N3O6/c1-18(34)31-20-9-11-21(12-10-20)33-25(35)17-22(27(33)36)32(28(37)26-29(2,3)30(26,4)5)15-14-19-8-13-23(38-6)24(16-19)39-7/h8-13,16,22,26H,14-15,17H2,1-7H3,(H,31,34). The first kappa shape index (κ1) is 28.1. The lowest BCUT2D eigenvalue weighted by atomic mass is 10.0.